The molecule has 0 aliphatic heterocycles. The summed E-state index contributed by atoms with van der Waals surface area (Å²) in [5.41, 5.74) is 4.14. The fourth-order valence-corrected chi connectivity index (χ4v) is 1.02. The summed E-state index contributed by atoms with van der Waals surface area (Å²) in [6, 6.07) is 0. The number of aromatic carboxylic acids is 1. The molecule has 1 heterocycles. The summed E-state index contributed by atoms with van der Waals surface area (Å²) >= 11 is 0. The number of H-pyrrole nitrogens is 1. The Kier molecular flexibility index (Phi) is 3.02. The molecule has 0 bridgehead atoms. The maximum absolute atomic E-state index is 10.6. The smallest absolute Gasteiger partial charge is 0.354 e. The second-order valence-electron chi connectivity index (χ2n) is 2.80. The number of carboxylic acid groups (broad SMARTS) is 1. The van der Waals surface area contributed by atoms with E-state index in [1.807, 2.05) is 0 Å². The lowest BCUT2D eigenvalue weighted by molar-refractivity contribution is -0.132. The van der Waals surface area contributed by atoms with Gasteiger partial charge in [0.2, 0.25) is 5.91 Å². The fourth-order valence-electron chi connectivity index (χ4n) is 1.02. The van der Waals surface area contributed by atoms with Gasteiger partial charge in [-0.05, 0) is 0 Å². The maximum atomic E-state index is 10.6. The topological polar surface area (TPSA) is 150 Å². The Hall–Kier alpha value is -1.93. The van der Waals surface area contributed by atoms with Crippen LogP contribution in [0.25, 0.3) is 0 Å². The average molecular weight is 215 g/mol. The number of rotatable bonds is 4. The number of amides is 1. The van der Waals surface area contributed by atoms with Crippen LogP contribution in [0.4, 0.5) is 0 Å². The SMILES string of the molecule is NC(=O)C(O)C(O)c1cn[nH]c1C(=O)O. The number of carbonyl (C=O) groups excluding carboxylic acids is 1. The number of carbonyl (C=O) groups is 2. The molecule has 82 valence electrons. The van der Waals surface area contributed by atoms with Crippen molar-refractivity contribution in [1.29, 1.82) is 0 Å². The number of carboxylic acids is 1. The van der Waals surface area contributed by atoms with Crippen molar-refractivity contribution in [2.75, 3.05) is 0 Å². The summed E-state index contributed by atoms with van der Waals surface area (Å²) in [7, 11) is 0. The molecule has 0 saturated heterocycles. The van der Waals surface area contributed by atoms with Crippen molar-refractivity contribution in [3.8, 4) is 0 Å². The molecule has 8 heteroatoms. The van der Waals surface area contributed by atoms with Crippen LogP contribution in [-0.2, 0) is 4.79 Å². The zero-order valence-electron chi connectivity index (χ0n) is 7.41. The molecule has 1 amide bonds. The highest BCUT2D eigenvalue weighted by molar-refractivity contribution is 5.87. The Balaban J connectivity index is 3.00. The van der Waals surface area contributed by atoms with Gasteiger partial charge in [-0.15, -0.1) is 0 Å². The van der Waals surface area contributed by atoms with E-state index in [-0.39, 0.29) is 5.56 Å². The third-order valence-corrected chi connectivity index (χ3v) is 1.79. The molecule has 2 unspecified atom stereocenters. The monoisotopic (exact) mass is 215 g/mol. The van der Waals surface area contributed by atoms with E-state index in [0.717, 1.165) is 6.20 Å². The lowest BCUT2D eigenvalue weighted by Crippen LogP contribution is -2.34. The predicted molar refractivity (Wildman–Crippen MR) is 45.7 cm³/mol. The zero-order chi connectivity index (χ0) is 11.6. The molecule has 0 radical (unpaired) electrons. The van der Waals surface area contributed by atoms with Gasteiger partial charge >= 0.3 is 5.97 Å². The van der Waals surface area contributed by atoms with Crippen molar-refractivity contribution < 1.29 is 24.9 Å². The number of aromatic nitrogens is 2. The second-order valence-corrected chi connectivity index (χ2v) is 2.80. The molecule has 0 fully saturated rings. The first-order valence-electron chi connectivity index (χ1n) is 3.87. The van der Waals surface area contributed by atoms with Crippen LogP contribution in [0, 0.1) is 0 Å². The summed E-state index contributed by atoms with van der Waals surface area (Å²) in [6.07, 6.45) is -2.59. The van der Waals surface area contributed by atoms with E-state index in [0.29, 0.717) is 0 Å². The largest absolute Gasteiger partial charge is 0.477 e. The molecule has 2 atom stereocenters. The number of aliphatic hydroxyl groups excluding tert-OH is 2. The van der Waals surface area contributed by atoms with Crippen LogP contribution in [0.1, 0.15) is 22.2 Å². The van der Waals surface area contributed by atoms with Gasteiger partial charge in [0.15, 0.2) is 6.10 Å². The van der Waals surface area contributed by atoms with Gasteiger partial charge in [-0.1, -0.05) is 0 Å². The minimum absolute atomic E-state index is 0.200. The number of hydrogen-bond donors (Lipinski definition) is 5. The molecule has 15 heavy (non-hydrogen) atoms. The lowest BCUT2D eigenvalue weighted by Gasteiger charge is -2.13. The maximum Gasteiger partial charge on any atom is 0.354 e. The van der Waals surface area contributed by atoms with Gasteiger partial charge in [-0.3, -0.25) is 9.89 Å². The van der Waals surface area contributed by atoms with Crippen molar-refractivity contribution in [3.05, 3.63) is 17.5 Å². The molecule has 0 spiro atoms. The molecule has 0 aromatic carbocycles. The number of nitrogens with one attached hydrogen (secondary N) is 1. The molecule has 1 aromatic heterocycles. The molecule has 8 nitrogen and oxygen atoms in total. The van der Waals surface area contributed by atoms with Gasteiger partial charge in [0, 0.05) is 5.56 Å². The number of primary amides is 1. The highest BCUT2D eigenvalue weighted by atomic mass is 16.4. The van der Waals surface area contributed by atoms with Gasteiger partial charge in [0.1, 0.15) is 11.8 Å². The minimum atomic E-state index is -1.87. The number of nitrogens with two attached hydrogens (primary N) is 1. The number of hydrogen-bond acceptors (Lipinski definition) is 5. The Morgan fingerprint density at radius 2 is 2.07 bits per heavy atom. The van der Waals surface area contributed by atoms with E-state index < -0.39 is 29.8 Å². The van der Waals surface area contributed by atoms with Crippen molar-refractivity contribution in [3.63, 3.8) is 0 Å². The number of nitrogens with zero attached hydrogens (tertiary/aromatic N) is 1. The van der Waals surface area contributed by atoms with Gasteiger partial charge in [0.25, 0.3) is 0 Å². The highest BCUT2D eigenvalue weighted by Crippen LogP contribution is 2.19. The first-order valence-corrected chi connectivity index (χ1v) is 3.87. The molecule has 0 saturated carbocycles. The van der Waals surface area contributed by atoms with Crippen LogP contribution >= 0.6 is 0 Å². The predicted octanol–water partition coefficient (Wildman–Crippen LogP) is -2.01. The van der Waals surface area contributed by atoms with Crippen molar-refractivity contribution in [2.24, 2.45) is 5.73 Å². The first-order chi connectivity index (χ1) is 6.95. The number of aliphatic hydroxyl groups is 2. The standard InChI is InChI=1S/C7H9N3O5/c8-6(13)5(12)4(11)2-1-9-10-3(2)7(14)15/h1,4-5,11-12H,(H2,8,13)(H,9,10)(H,14,15). The van der Waals surface area contributed by atoms with Crippen LogP contribution in [0.15, 0.2) is 6.20 Å². The minimum Gasteiger partial charge on any atom is -0.477 e. The molecular formula is C7H9N3O5. The summed E-state index contributed by atoms with van der Waals surface area (Å²) in [4.78, 5) is 21.2. The van der Waals surface area contributed by atoms with Crippen LogP contribution in [0.5, 0.6) is 0 Å². The van der Waals surface area contributed by atoms with E-state index in [1.54, 1.807) is 0 Å². The normalized spacial score (nSPS) is 14.5. The van der Waals surface area contributed by atoms with E-state index in [2.05, 4.69) is 10.2 Å². The van der Waals surface area contributed by atoms with Crippen LogP contribution < -0.4 is 5.73 Å². The molecule has 0 aliphatic rings. The summed E-state index contributed by atoms with van der Waals surface area (Å²) in [6.45, 7) is 0. The van der Waals surface area contributed by atoms with Crippen LogP contribution in [0.2, 0.25) is 0 Å². The van der Waals surface area contributed by atoms with Gasteiger partial charge in [-0.2, -0.15) is 5.10 Å². The van der Waals surface area contributed by atoms with Crippen LogP contribution in [-0.4, -0.2) is 43.5 Å². The molecule has 0 aliphatic carbocycles. The van der Waals surface area contributed by atoms with Crippen molar-refractivity contribution in [2.45, 2.75) is 12.2 Å². The second kappa shape index (κ2) is 4.07. The fraction of sp³-hybridized carbons (Fsp3) is 0.286. The third-order valence-electron chi connectivity index (χ3n) is 1.79. The van der Waals surface area contributed by atoms with Crippen molar-refractivity contribution in [1.82, 2.24) is 10.2 Å². The van der Waals surface area contributed by atoms with E-state index in [9.17, 15) is 14.7 Å². The van der Waals surface area contributed by atoms with Crippen molar-refractivity contribution >= 4 is 11.9 Å². The molecule has 1 rings (SSSR count). The average Bonchev–Trinajstić information content (AvgIpc) is 2.63. The Morgan fingerprint density at radius 3 is 2.53 bits per heavy atom. The van der Waals surface area contributed by atoms with Crippen LogP contribution in [0.3, 0.4) is 0 Å². The molecule has 6 N–H and O–H groups in total. The third kappa shape index (κ3) is 2.11. The summed E-state index contributed by atoms with van der Waals surface area (Å²) in [5.74, 6) is -2.52. The lowest BCUT2D eigenvalue weighted by atomic mass is 10.0. The highest BCUT2D eigenvalue weighted by Gasteiger charge is 2.28. The van der Waals surface area contributed by atoms with E-state index in [1.165, 1.54) is 0 Å². The Labute approximate surface area is 83.3 Å². The Morgan fingerprint density at radius 1 is 1.47 bits per heavy atom. The molecule has 1 aromatic rings. The molecular weight excluding hydrogens is 206 g/mol. The van der Waals surface area contributed by atoms with E-state index >= 15 is 0 Å². The van der Waals surface area contributed by atoms with E-state index in [4.69, 9.17) is 15.9 Å². The summed E-state index contributed by atoms with van der Waals surface area (Å²) < 4.78 is 0. The van der Waals surface area contributed by atoms with Gasteiger partial charge < -0.3 is 21.1 Å². The Bertz CT molecular complexity index is 388. The number of aromatic amines is 1. The first kappa shape index (κ1) is 11.1. The van der Waals surface area contributed by atoms with Gasteiger partial charge in [-0.25, -0.2) is 4.79 Å². The van der Waals surface area contributed by atoms with Gasteiger partial charge in [0.05, 0.1) is 6.20 Å². The summed E-state index contributed by atoms with van der Waals surface area (Å²) in [5, 5.41) is 32.6. The quantitative estimate of drug-likeness (QED) is 0.391. The zero-order valence-corrected chi connectivity index (χ0v) is 7.41.